The standard InChI is InChI=1S/C34H46N6O6S2/c1-23(2)32(38-34(43)39(4)20-28-22-47-24(3)36-28)33(42)37-30(17-25-9-6-5-7-10-25)31(41)21-40(19-27-11-8-12-27)48(45,46)29-15-13-26(14-16-29)18-35-44/h5-7,9-10,13-16,18,22-23,27,30-32,41,44H,8,11-12,17,19-21H2,1-4H3,(H,37,42)(H,38,43)/b35-18+/t30-,31+,32-/m0/s1. The number of hydrogen-bond donors (Lipinski definition) is 4. The van der Waals surface area contributed by atoms with Crippen LogP contribution < -0.4 is 10.6 Å². The molecule has 0 radical (unpaired) electrons. The molecule has 4 rings (SSSR count). The predicted octanol–water partition coefficient (Wildman–Crippen LogP) is 4.01. The number of sulfonamides is 1. The molecule has 1 heterocycles. The highest BCUT2D eigenvalue weighted by Crippen LogP contribution is 2.30. The summed E-state index contributed by atoms with van der Waals surface area (Å²) >= 11 is 1.49. The van der Waals surface area contributed by atoms with E-state index in [0.717, 1.165) is 35.5 Å². The van der Waals surface area contributed by atoms with Gasteiger partial charge in [0.1, 0.15) is 6.04 Å². The number of aliphatic hydroxyl groups is 1. The molecular formula is C34H46N6O6S2. The van der Waals surface area contributed by atoms with Crippen molar-refractivity contribution in [2.75, 3.05) is 20.1 Å². The highest BCUT2D eigenvalue weighted by molar-refractivity contribution is 7.89. The number of carbonyl (C=O) groups is 2. The van der Waals surface area contributed by atoms with Gasteiger partial charge in [-0.15, -0.1) is 11.3 Å². The minimum Gasteiger partial charge on any atom is -0.411 e. The summed E-state index contributed by atoms with van der Waals surface area (Å²) < 4.78 is 29.1. The number of amides is 3. The van der Waals surface area contributed by atoms with Crippen molar-refractivity contribution in [1.29, 1.82) is 0 Å². The number of carbonyl (C=O) groups excluding carboxylic acids is 2. The molecule has 3 atom stereocenters. The number of benzene rings is 2. The maximum atomic E-state index is 13.9. The first-order valence-electron chi connectivity index (χ1n) is 16.1. The molecular weight excluding hydrogens is 653 g/mol. The summed E-state index contributed by atoms with van der Waals surface area (Å²) in [6.45, 7) is 5.80. The molecule has 1 fully saturated rings. The molecule has 48 heavy (non-hydrogen) atoms. The lowest BCUT2D eigenvalue weighted by atomic mass is 9.85. The van der Waals surface area contributed by atoms with Crippen molar-refractivity contribution >= 4 is 39.5 Å². The van der Waals surface area contributed by atoms with Gasteiger partial charge in [0.05, 0.1) is 40.5 Å². The lowest BCUT2D eigenvalue weighted by molar-refractivity contribution is -0.125. The average Bonchev–Trinajstić information content (AvgIpc) is 3.44. The monoisotopic (exact) mass is 698 g/mol. The van der Waals surface area contributed by atoms with Crippen LogP contribution >= 0.6 is 11.3 Å². The van der Waals surface area contributed by atoms with E-state index in [1.807, 2.05) is 56.5 Å². The van der Waals surface area contributed by atoms with Gasteiger partial charge in [-0.1, -0.05) is 67.9 Å². The fraction of sp³-hybridized carbons (Fsp3) is 0.471. The van der Waals surface area contributed by atoms with Crippen LogP contribution in [0.2, 0.25) is 0 Å². The largest absolute Gasteiger partial charge is 0.411 e. The highest BCUT2D eigenvalue weighted by atomic mass is 32.2. The smallest absolute Gasteiger partial charge is 0.318 e. The number of oxime groups is 1. The van der Waals surface area contributed by atoms with E-state index in [1.165, 1.54) is 38.9 Å². The molecule has 0 aliphatic heterocycles. The van der Waals surface area contributed by atoms with E-state index in [9.17, 15) is 23.1 Å². The van der Waals surface area contributed by atoms with Gasteiger partial charge in [-0.2, -0.15) is 4.31 Å². The summed E-state index contributed by atoms with van der Waals surface area (Å²) in [5, 5.41) is 32.1. The van der Waals surface area contributed by atoms with Crippen LogP contribution in [-0.2, 0) is 27.8 Å². The summed E-state index contributed by atoms with van der Waals surface area (Å²) in [5.74, 6) is -0.598. The quantitative estimate of drug-likeness (QED) is 0.0998. The van der Waals surface area contributed by atoms with E-state index in [-0.39, 0.29) is 42.8 Å². The third kappa shape index (κ3) is 10.1. The first-order chi connectivity index (χ1) is 22.9. The first kappa shape index (κ1) is 37.0. The molecule has 4 N–H and O–H groups in total. The Bertz CT molecular complexity index is 1630. The Hall–Kier alpha value is -3.85. The normalized spacial score (nSPS) is 15.6. The second-order valence-corrected chi connectivity index (χ2v) is 15.7. The van der Waals surface area contributed by atoms with Gasteiger partial charge in [0.2, 0.25) is 15.9 Å². The SMILES string of the molecule is Cc1nc(CN(C)C(=O)N[C@H](C(=O)N[C@@H](Cc2ccccc2)[C@H](O)CN(CC2CCC2)S(=O)(=O)c2ccc(/C=N/O)cc2)C(C)C)cs1. The first-order valence-corrected chi connectivity index (χ1v) is 18.4. The predicted molar refractivity (Wildman–Crippen MR) is 185 cm³/mol. The van der Waals surface area contributed by atoms with Crippen LogP contribution in [-0.4, -0.2) is 89.4 Å². The molecule has 0 bridgehead atoms. The Morgan fingerprint density at radius 1 is 1.10 bits per heavy atom. The van der Waals surface area contributed by atoms with Gasteiger partial charge >= 0.3 is 6.03 Å². The third-order valence-electron chi connectivity index (χ3n) is 8.53. The summed E-state index contributed by atoms with van der Waals surface area (Å²) in [5.41, 5.74) is 2.13. The lowest BCUT2D eigenvalue weighted by Crippen LogP contribution is -2.58. The molecule has 1 saturated carbocycles. The van der Waals surface area contributed by atoms with E-state index in [4.69, 9.17) is 5.21 Å². The molecule has 0 unspecified atom stereocenters. The van der Waals surface area contributed by atoms with Crippen LogP contribution in [0, 0.1) is 18.8 Å². The van der Waals surface area contributed by atoms with Crippen molar-refractivity contribution in [3.8, 4) is 0 Å². The van der Waals surface area contributed by atoms with E-state index in [0.29, 0.717) is 5.56 Å². The molecule has 1 aliphatic carbocycles. The van der Waals surface area contributed by atoms with Crippen molar-refractivity contribution in [2.45, 2.75) is 76.1 Å². The Labute approximate surface area is 286 Å². The van der Waals surface area contributed by atoms with Crippen molar-refractivity contribution in [2.24, 2.45) is 17.0 Å². The zero-order chi connectivity index (χ0) is 34.8. The fourth-order valence-electron chi connectivity index (χ4n) is 5.51. The van der Waals surface area contributed by atoms with E-state index in [1.54, 1.807) is 19.2 Å². The molecule has 1 aromatic heterocycles. The van der Waals surface area contributed by atoms with Crippen LogP contribution in [0.4, 0.5) is 4.79 Å². The average molecular weight is 699 g/mol. The number of aryl methyl sites for hydroxylation is 1. The number of thiazole rings is 1. The number of urea groups is 1. The molecule has 12 nitrogen and oxygen atoms in total. The van der Waals surface area contributed by atoms with Crippen molar-refractivity contribution in [3.63, 3.8) is 0 Å². The van der Waals surface area contributed by atoms with Crippen LogP contribution in [0.1, 0.15) is 54.9 Å². The van der Waals surface area contributed by atoms with Gasteiger partial charge in [0.25, 0.3) is 0 Å². The summed E-state index contributed by atoms with van der Waals surface area (Å²) in [7, 11) is -2.40. The molecule has 1 aliphatic rings. The summed E-state index contributed by atoms with van der Waals surface area (Å²) in [4.78, 5) is 32.9. The van der Waals surface area contributed by atoms with Crippen LogP contribution in [0.15, 0.2) is 70.0 Å². The molecule has 0 spiro atoms. The van der Waals surface area contributed by atoms with E-state index in [2.05, 4.69) is 20.8 Å². The number of hydrogen-bond acceptors (Lipinski definition) is 9. The fourth-order valence-corrected chi connectivity index (χ4v) is 7.65. The number of nitrogens with zero attached hydrogens (tertiary/aromatic N) is 4. The van der Waals surface area contributed by atoms with E-state index >= 15 is 0 Å². The minimum atomic E-state index is -4.03. The molecule has 14 heteroatoms. The van der Waals surface area contributed by atoms with Crippen molar-refractivity contribution < 1.29 is 28.3 Å². The number of aromatic nitrogens is 1. The van der Waals surface area contributed by atoms with Crippen LogP contribution in [0.3, 0.4) is 0 Å². The second kappa shape index (κ2) is 17.0. The zero-order valence-electron chi connectivity index (χ0n) is 27.8. The van der Waals surface area contributed by atoms with Gasteiger partial charge in [0, 0.05) is 25.5 Å². The van der Waals surface area contributed by atoms with Crippen molar-refractivity contribution in [3.05, 3.63) is 81.8 Å². The van der Waals surface area contributed by atoms with E-state index < -0.39 is 40.1 Å². The second-order valence-electron chi connectivity index (χ2n) is 12.7. The lowest BCUT2D eigenvalue weighted by Gasteiger charge is -2.35. The third-order valence-corrected chi connectivity index (χ3v) is 11.2. The van der Waals surface area contributed by atoms with Crippen molar-refractivity contribution in [1.82, 2.24) is 24.8 Å². The molecule has 0 saturated heterocycles. The summed E-state index contributed by atoms with van der Waals surface area (Å²) in [6.07, 6.45) is 2.97. The van der Waals surface area contributed by atoms with Crippen LogP contribution in [0.25, 0.3) is 0 Å². The van der Waals surface area contributed by atoms with Gasteiger partial charge in [-0.05, 0) is 61.3 Å². The maximum Gasteiger partial charge on any atom is 0.318 e. The minimum absolute atomic E-state index is 0.0484. The number of rotatable bonds is 16. The molecule has 2 aromatic carbocycles. The molecule has 260 valence electrons. The molecule has 3 aromatic rings. The Morgan fingerprint density at radius 3 is 2.35 bits per heavy atom. The number of aliphatic hydroxyl groups excluding tert-OH is 1. The zero-order valence-corrected chi connectivity index (χ0v) is 29.5. The van der Waals surface area contributed by atoms with Crippen LogP contribution in [0.5, 0.6) is 0 Å². The number of nitrogens with one attached hydrogen (secondary N) is 2. The van der Waals surface area contributed by atoms with Gasteiger partial charge in [-0.3, -0.25) is 4.79 Å². The maximum absolute atomic E-state index is 13.9. The Balaban J connectivity index is 1.54. The van der Waals surface area contributed by atoms with Gasteiger partial charge < -0.3 is 25.8 Å². The highest BCUT2D eigenvalue weighted by Gasteiger charge is 2.35. The molecule has 3 amide bonds. The Morgan fingerprint density at radius 2 is 1.79 bits per heavy atom. The van der Waals surface area contributed by atoms with Gasteiger partial charge in [-0.25, -0.2) is 18.2 Å². The Kier molecular flexibility index (Phi) is 13.1. The summed E-state index contributed by atoms with van der Waals surface area (Å²) in [6, 6.07) is 13.1. The topological polar surface area (TPSA) is 165 Å². The van der Waals surface area contributed by atoms with Gasteiger partial charge in [0.15, 0.2) is 0 Å².